The van der Waals surface area contributed by atoms with Gasteiger partial charge in [-0.15, -0.1) is 0 Å². The lowest BCUT2D eigenvalue weighted by Crippen LogP contribution is -2.49. The van der Waals surface area contributed by atoms with Crippen molar-refractivity contribution in [3.63, 3.8) is 0 Å². The third-order valence-electron chi connectivity index (χ3n) is 7.35. The predicted octanol–water partition coefficient (Wildman–Crippen LogP) is 4.98. The maximum atomic E-state index is 13.6. The first-order valence-electron chi connectivity index (χ1n) is 11.0. The van der Waals surface area contributed by atoms with Crippen LogP contribution < -0.4 is 5.32 Å². The van der Waals surface area contributed by atoms with E-state index in [1.165, 1.54) is 4.90 Å². The van der Waals surface area contributed by atoms with Gasteiger partial charge in [0.15, 0.2) is 0 Å². The number of nitrogens with zero attached hydrogens (tertiary/aromatic N) is 1. The van der Waals surface area contributed by atoms with E-state index in [1.807, 2.05) is 43.3 Å². The molecule has 0 radical (unpaired) electrons. The van der Waals surface area contributed by atoms with Crippen LogP contribution >= 0.6 is 43.5 Å². The number of anilines is 1. The fourth-order valence-electron chi connectivity index (χ4n) is 5.71. The number of imide groups is 1. The quantitative estimate of drug-likeness (QED) is 0.393. The minimum absolute atomic E-state index is 0.0992. The van der Waals surface area contributed by atoms with Gasteiger partial charge in [0.25, 0.3) is 0 Å². The summed E-state index contributed by atoms with van der Waals surface area (Å²) in [5.74, 6) is -1.36. The molecule has 33 heavy (non-hydrogen) atoms. The van der Waals surface area contributed by atoms with Crippen LogP contribution in [-0.4, -0.2) is 38.3 Å². The molecule has 7 atom stereocenters. The highest BCUT2D eigenvalue weighted by atomic mass is 79.9. The number of likely N-dealkylation sites (tertiary alicyclic amines) is 1. The molecule has 0 unspecified atom stereocenters. The number of hydrogen-bond donors (Lipinski definition) is 1. The van der Waals surface area contributed by atoms with Gasteiger partial charge in [0.2, 0.25) is 17.7 Å². The molecule has 5 rings (SSSR count). The van der Waals surface area contributed by atoms with Crippen LogP contribution in [0.25, 0.3) is 0 Å². The number of aryl methyl sites for hydroxylation is 1. The number of carbonyl (C=O) groups is 3. The average molecular weight is 595 g/mol. The van der Waals surface area contributed by atoms with Gasteiger partial charge in [0.05, 0.1) is 11.8 Å². The number of rotatable bonds is 5. The summed E-state index contributed by atoms with van der Waals surface area (Å²) in [6.45, 7) is 1.88. The largest absolute Gasteiger partial charge is 0.324 e. The fraction of sp³-hybridized carbons (Fsp3) is 0.400. The number of fused-ring (bicyclic) bond motifs is 5. The number of amides is 3. The lowest BCUT2D eigenvalue weighted by molar-refractivity contribution is -0.147. The van der Waals surface area contributed by atoms with Crippen LogP contribution in [0.15, 0.2) is 48.5 Å². The van der Waals surface area contributed by atoms with E-state index in [0.29, 0.717) is 10.7 Å². The second kappa shape index (κ2) is 8.82. The highest BCUT2D eigenvalue weighted by Gasteiger charge is 2.67. The van der Waals surface area contributed by atoms with Crippen LogP contribution in [0.4, 0.5) is 5.69 Å². The van der Waals surface area contributed by atoms with Crippen LogP contribution in [-0.2, 0) is 20.8 Å². The molecular weight excluding hydrogens is 572 g/mol. The molecule has 1 saturated heterocycles. The van der Waals surface area contributed by atoms with E-state index < -0.39 is 11.9 Å². The first-order chi connectivity index (χ1) is 15.8. The standard InChI is InChI=1S/C25H23Br2ClN2O3/c1-12-7-8-14(10-17(12)28)29-23(31)18(9-13-5-3-2-4-6-13)30-24(32)19-15-11-16(20(19)25(30)33)22(27)21(15)26/h2-8,10,15-16,18-22H,9,11H2,1H3,(H,29,31)/t15-,16-,18+,19-,20-,21-,22+/m0/s1. The molecule has 1 N–H and O–H groups in total. The molecule has 2 aromatic carbocycles. The maximum Gasteiger partial charge on any atom is 0.248 e. The molecule has 3 aliphatic rings. The van der Waals surface area contributed by atoms with E-state index in [1.54, 1.807) is 12.1 Å². The van der Waals surface area contributed by atoms with Gasteiger partial charge < -0.3 is 5.32 Å². The highest BCUT2D eigenvalue weighted by molar-refractivity contribution is 9.12. The molecule has 2 saturated carbocycles. The number of nitrogens with one attached hydrogen (secondary N) is 1. The molecule has 8 heteroatoms. The molecule has 1 heterocycles. The van der Waals surface area contributed by atoms with Crippen molar-refractivity contribution in [2.75, 3.05) is 5.32 Å². The summed E-state index contributed by atoms with van der Waals surface area (Å²) in [6, 6.07) is 13.8. The zero-order valence-corrected chi connectivity index (χ0v) is 21.8. The average Bonchev–Trinajstić information content (AvgIpc) is 3.40. The van der Waals surface area contributed by atoms with E-state index in [-0.39, 0.29) is 51.6 Å². The van der Waals surface area contributed by atoms with Crippen molar-refractivity contribution in [1.29, 1.82) is 0 Å². The van der Waals surface area contributed by atoms with E-state index >= 15 is 0 Å². The highest BCUT2D eigenvalue weighted by Crippen LogP contribution is 2.60. The number of alkyl halides is 2. The topological polar surface area (TPSA) is 66.5 Å². The monoisotopic (exact) mass is 592 g/mol. The Balaban J connectivity index is 1.47. The number of carbonyl (C=O) groups excluding carboxylic acids is 3. The summed E-state index contributed by atoms with van der Waals surface area (Å²) >= 11 is 13.7. The van der Waals surface area contributed by atoms with Crippen LogP contribution in [0.2, 0.25) is 5.02 Å². The molecule has 3 fully saturated rings. The zero-order chi connectivity index (χ0) is 23.4. The Morgan fingerprint density at radius 3 is 2.24 bits per heavy atom. The maximum absolute atomic E-state index is 13.6. The molecule has 172 valence electrons. The van der Waals surface area contributed by atoms with Gasteiger partial charge in [-0.25, -0.2) is 0 Å². The fourth-order valence-corrected chi connectivity index (χ4v) is 7.77. The summed E-state index contributed by atoms with van der Waals surface area (Å²) in [7, 11) is 0. The first-order valence-corrected chi connectivity index (χ1v) is 13.2. The van der Waals surface area contributed by atoms with Gasteiger partial charge in [-0.05, 0) is 48.4 Å². The van der Waals surface area contributed by atoms with E-state index in [0.717, 1.165) is 17.5 Å². The van der Waals surface area contributed by atoms with Gasteiger partial charge >= 0.3 is 0 Å². The summed E-state index contributed by atoms with van der Waals surface area (Å²) in [5.41, 5.74) is 2.32. The minimum atomic E-state index is -0.931. The van der Waals surface area contributed by atoms with Crippen molar-refractivity contribution >= 4 is 66.9 Å². The summed E-state index contributed by atoms with van der Waals surface area (Å²) in [5, 5.41) is 3.42. The van der Waals surface area contributed by atoms with E-state index in [9.17, 15) is 14.4 Å². The predicted molar refractivity (Wildman–Crippen MR) is 135 cm³/mol. The van der Waals surface area contributed by atoms with Crippen molar-refractivity contribution in [3.05, 3.63) is 64.7 Å². The van der Waals surface area contributed by atoms with Crippen LogP contribution in [0.5, 0.6) is 0 Å². The third-order valence-corrected chi connectivity index (χ3v) is 11.0. The van der Waals surface area contributed by atoms with Crippen molar-refractivity contribution in [1.82, 2.24) is 4.90 Å². The Labute approximate surface area is 214 Å². The van der Waals surface area contributed by atoms with E-state index in [4.69, 9.17) is 11.6 Å². The van der Waals surface area contributed by atoms with Gasteiger partial charge in [0.1, 0.15) is 6.04 Å². The Morgan fingerprint density at radius 2 is 1.67 bits per heavy atom. The van der Waals surface area contributed by atoms with Crippen LogP contribution in [0.1, 0.15) is 17.5 Å². The number of benzene rings is 2. The minimum Gasteiger partial charge on any atom is -0.324 e. The molecule has 3 amide bonds. The Kier molecular flexibility index (Phi) is 6.17. The normalized spacial score (nSPS) is 31.1. The molecule has 0 spiro atoms. The summed E-state index contributed by atoms with van der Waals surface area (Å²) in [6.07, 6.45) is 1.11. The molecule has 5 nitrogen and oxygen atoms in total. The molecular formula is C25H23Br2ClN2O3. The van der Waals surface area contributed by atoms with Gasteiger partial charge in [-0.1, -0.05) is 79.9 Å². The summed E-state index contributed by atoms with van der Waals surface area (Å²) < 4.78 is 0. The van der Waals surface area contributed by atoms with E-state index in [2.05, 4.69) is 37.2 Å². The van der Waals surface area contributed by atoms with Gasteiger partial charge in [0, 0.05) is 26.8 Å². The first kappa shape index (κ1) is 23.1. The van der Waals surface area contributed by atoms with Gasteiger partial charge in [-0.3, -0.25) is 19.3 Å². The molecule has 1 aliphatic heterocycles. The number of halogens is 3. The molecule has 2 aromatic rings. The molecule has 0 aromatic heterocycles. The summed E-state index contributed by atoms with van der Waals surface area (Å²) in [4.78, 5) is 42.2. The van der Waals surface area contributed by atoms with Crippen molar-refractivity contribution < 1.29 is 14.4 Å². The zero-order valence-electron chi connectivity index (χ0n) is 17.9. The second-order valence-electron chi connectivity index (χ2n) is 9.21. The van der Waals surface area contributed by atoms with Gasteiger partial charge in [-0.2, -0.15) is 0 Å². The smallest absolute Gasteiger partial charge is 0.248 e. The van der Waals surface area contributed by atoms with Crippen LogP contribution in [0.3, 0.4) is 0 Å². The lowest BCUT2D eigenvalue weighted by atomic mass is 9.81. The molecule has 2 aliphatic carbocycles. The lowest BCUT2D eigenvalue weighted by Gasteiger charge is -2.28. The Bertz CT molecular complexity index is 1100. The van der Waals surface area contributed by atoms with Crippen molar-refractivity contribution in [3.8, 4) is 0 Å². The van der Waals surface area contributed by atoms with Crippen molar-refractivity contribution in [2.45, 2.75) is 35.5 Å². The molecule has 2 bridgehead atoms. The van der Waals surface area contributed by atoms with Crippen LogP contribution in [0, 0.1) is 30.6 Å². The third kappa shape index (κ3) is 3.86. The SMILES string of the molecule is Cc1ccc(NC(=O)[C@@H](Cc2ccccc2)N2C(=O)[C@H]3[C@@H]4C[C@H]([C@@H](Br)[C@H]4Br)[C@@H]3C2=O)cc1Cl. The number of hydrogen-bond acceptors (Lipinski definition) is 3. The Hall–Kier alpha value is -1.70. The van der Waals surface area contributed by atoms with Crippen molar-refractivity contribution in [2.24, 2.45) is 23.7 Å². The Morgan fingerprint density at radius 1 is 1.06 bits per heavy atom. The second-order valence-corrected chi connectivity index (χ2v) is 11.7.